The molecule has 0 unspecified atom stereocenters. The molecule has 0 aliphatic rings. The zero-order chi connectivity index (χ0) is 19.2. The number of carbonyl (C=O) groups excluding carboxylic acids is 1. The van der Waals surface area contributed by atoms with Crippen molar-refractivity contribution in [3.63, 3.8) is 0 Å². The first kappa shape index (κ1) is 18.4. The number of esters is 1. The molecule has 2 N–H and O–H groups in total. The quantitative estimate of drug-likeness (QED) is 0.491. The molecule has 7 nitrogen and oxygen atoms in total. The highest BCUT2D eigenvalue weighted by Gasteiger charge is 2.11. The molecule has 0 radical (unpaired) electrons. The SMILES string of the molecule is CCOC(=O)CCCOc1ccc(-c2nc3ccccc3c(=O)[nH]2)c(O)c1. The maximum absolute atomic E-state index is 12.2. The molecule has 0 aliphatic carbocycles. The number of phenols is 1. The predicted molar refractivity (Wildman–Crippen MR) is 101 cm³/mol. The van der Waals surface area contributed by atoms with Crippen molar-refractivity contribution in [2.24, 2.45) is 0 Å². The van der Waals surface area contributed by atoms with Crippen LogP contribution in [0.2, 0.25) is 0 Å². The van der Waals surface area contributed by atoms with Gasteiger partial charge in [-0.1, -0.05) is 12.1 Å². The molecule has 7 heteroatoms. The van der Waals surface area contributed by atoms with Crippen LogP contribution in [-0.2, 0) is 9.53 Å². The van der Waals surface area contributed by atoms with Gasteiger partial charge in [-0.15, -0.1) is 0 Å². The van der Waals surface area contributed by atoms with E-state index < -0.39 is 0 Å². The summed E-state index contributed by atoms with van der Waals surface area (Å²) < 4.78 is 10.4. The summed E-state index contributed by atoms with van der Waals surface area (Å²) in [5.74, 6) is 0.426. The van der Waals surface area contributed by atoms with E-state index in [1.54, 1.807) is 43.3 Å². The van der Waals surface area contributed by atoms with Crippen molar-refractivity contribution in [2.45, 2.75) is 19.8 Å². The minimum Gasteiger partial charge on any atom is -0.507 e. The monoisotopic (exact) mass is 368 g/mol. The van der Waals surface area contributed by atoms with Crippen LogP contribution in [0.3, 0.4) is 0 Å². The molecule has 0 saturated carbocycles. The zero-order valence-electron chi connectivity index (χ0n) is 14.9. The van der Waals surface area contributed by atoms with Crippen LogP contribution in [-0.4, -0.2) is 34.3 Å². The number of para-hydroxylation sites is 1. The van der Waals surface area contributed by atoms with Crippen molar-refractivity contribution >= 4 is 16.9 Å². The molecule has 1 aromatic heterocycles. The van der Waals surface area contributed by atoms with E-state index in [-0.39, 0.29) is 29.5 Å². The van der Waals surface area contributed by atoms with Gasteiger partial charge in [-0.2, -0.15) is 0 Å². The Morgan fingerprint density at radius 3 is 2.81 bits per heavy atom. The highest BCUT2D eigenvalue weighted by Crippen LogP contribution is 2.30. The molecule has 0 atom stereocenters. The number of aromatic nitrogens is 2. The second-order valence-electron chi connectivity index (χ2n) is 5.87. The van der Waals surface area contributed by atoms with E-state index >= 15 is 0 Å². The van der Waals surface area contributed by atoms with Crippen molar-refractivity contribution in [3.8, 4) is 22.9 Å². The number of hydrogen-bond donors (Lipinski definition) is 2. The molecule has 2 aromatic carbocycles. The number of H-pyrrole nitrogens is 1. The smallest absolute Gasteiger partial charge is 0.305 e. The minimum atomic E-state index is -0.269. The van der Waals surface area contributed by atoms with Crippen LogP contribution in [0.25, 0.3) is 22.3 Å². The zero-order valence-corrected chi connectivity index (χ0v) is 14.9. The highest BCUT2D eigenvalue weighted by atomic mass is 16.5. The molecule has 0 spiro atoms. The normalized spacial score (nSPS) is 10.7. The van der Waals surface area contributed by atoms with E-state index in [1.165, 1.54) is 6.07 Å². The van der Waals surface area contributed by atoms with Crippen LogP contribution in [0.5, 0.6) is 11.5 Å². The summed E-state index contributed by atoms with van der Waals surface area (Å²) in [5, 5.41) is 10.8. The number of rotatable bonds is 7. The first-order chi connectivity index (χ1) is 13.1. The fourth-order valence-electron chi connectivity index (χ4n) is 2.66. The Hall–Kier alpha value is -3.35. The Labute approximate surface area is 155 Å². The maximum atomic E-state index is 12.2. The van der Waals surface area contributed by atoms with Gasteiger partial charge in [-0.25, -0.2) is 4.98 Å². The third-order valence-corrected chi connectivity index (χ3v) is 3.94. The van der Waals surface area contributed by atoms with Crippen molar-refractivity contribution < 1.29 is 19.4 Å². The van der Waals surface area contributed by atoms with E-state index in [2.05, 4.69) is 9.97 Å². The molecule has 140 valence electrons. The third kappa shape index (κ3) is 4.44. The van der Waals surface area contributed by atoms with Gasteiger partial charge in [0.15, 0.2) is 0 Å². The minimum absolute atomic E-state index is 0.0590. The Bertz CT molecular complexity index is 1010. The summed E-state index contributed by atoms with van der Waals surface area (Å²) in [6.45, 7) is 2.44. The second-order valence-corrected chi connectivity index (χ2v) is 5.87. The van der Waals surface area contributed by atoms with Gasteiger partial charge in [0, 0.05) is 12.5 Å². The van der Waals surface area contributed by atoms with Gasteiger partial charge in [0.1, 0.15) is 17.3 Å². The largest absolute Gasteiger partial charge is 0.507 e. The fourth-order valence-corrected chi connectivity index (χ4v) is 2.66. The number of nitrogens with zero attached hydrogens (tertiary/aromatic N) is 1. The number of ether oxygens (including phenoxy) is 2. The summed E-state index contributed by atoms with van der Waals surface area (Å²) in [5.41, 5.74) is 0.681. The number of phenolic OH excluding ortho intramolecular Hbond substituents is 1. The molecule has 3 rings (SSSR count). The summed E-state index contributed by atoms with van der Waals surface area (Å²) >= 11 is 0. The first-order valence-electron chi connectivity index (χ1n) is 8.69. The maximum Gasteiger partial charge on any atom is 0.305 e. The van der Waals surface area contributed by atoms with Gasteiger partial charge >= 0.3 is 5.97 Å². The summed E-state index contributed by atoms with van der Waals surface area (Å²) in [6.07, 6.45) is 0.793. The Kier molecular flexibility index (Phi) is 5.71. The number of aromatic hydroxyl groups is 1. The summed E-state index contributed by atoms with van der Waals surface area (Å²) in [7, 11) is 0. The number of benzene rings is 2. The topological polar surface area (TPSA) is 102 Å². The lowest BCUT2D eigenvalue weighted by Gasteiger charge is -2.09. The van der Waals surface area contributed by atoms with Crippen molar-refractivity contribution in [1.29, 1.82) is 0 Å². The standard InChI is InChI=1S/C20H20N2O5/c1-2-26-18(24)8-5-11-27-13-9-10-15(17(23)12-13)19-21-16-7-4-3-6-14(16)20(25)22-19/h3-4,6-7,9-10,12,23H,2,5,8,11H2,1H3,(H,21,22,25). The Balaban J connectivity index is 1.72. The molecule has 1 heterocycles. The summed E-state index contributed by atoms with van der Waals surface area (Å²) in [6, 6.07) is 11.8. The number of nitrogens with one attached hydrogen (secondary N) is 1. The second kappa shape index (κ2) is 8.35. The fraction of sp³-hybridized carbons (Fsp3) is 0.250. The molecule has 0 amide bonds. The lowest BCUT2D eigenvalue weighted by atomic mass is 10.1. The molecule has 0 fully saturated rings. The molecule has 3 aromatic rings. The average Bonchev–Trinajstić information content (AvgIpc) is 2.65. The van der Waals surface area contributed by atoms with E-state index in [0.29, 0.717) is 41.9 Å². The molecule has 0 bridgehead atoms. The number of aromatic amines is 1. The van der Waals surface area contributed by atoms with Gasteiger partial charge < -0.3 is 19.6 Å². The lowest BCUT2D eigenvalue weighted by Crippen LogP contribution is -2.09. The van der Waals surface area contributed by atoms with E-state index in [4.69, 9.17) is 9.47 Å². The predicted octanol–water partition coefficient (Wildman–Crippen LogP) is 3.02. The van der Waals surface area contributed by atoms with Crippen LogP contribution in [0.4, 0.5) is 0 Å². The van der Waals surface area contributed by atoms with Gasteiger partial charge in [0.2, 0.25) is 0 Å². The van der Waals surface area contributed by atoms with Gasteiger partial charge in [0.05, 0.1) is 29.7 Å². The number of hydrogen-bond acceptors (Lipinski definition) is 6. The number of fused-ring (bicyclic) bond motifs is 1. The van der Waals surface area contributed by atoms with Gasteiger partial charge in [-0.05, 0) is 37.6 Å². The summed E-state index contributed by atoms with van der Waals surface area (Å²) in [4.78, 5) is 30.6. The van der Waals surface area contributed by atoms with Gasteiger partial charge in [-0.3, -0.25) is 9.59 Å². The first-order valence-corrected chi connectivity index (χ1v) is 8.69. The molecular formula is C20H20N2O5. The van der Waals surface area contributed by atoms with Crippen LogP contribution in [0.1, 0.15) is 19.8 Å². The number of carbonyl (C=O) groups is 1. The average molecular weight is 368 g/mol. The molecular weight excluding hydrogens is 348 g/mol. The van der Waals surface area contributed by atoms with Gasteiger partial charge in [0.25, 0.3) is 5.56 Å². The molecule has 0 saturated heterocycles. The third-order valence-electron chi connectivity index (χ3n) is 3.94. The lowest BCUT2D eigenvalue weighted by molar-refractivity contribution is -0.143. The van der Waals surface area contributed by atoms with Crippen LogP contribution in [0.15, 0.2) is 47.3 Å². The van der Waals surface area contributed by atoms with Crippen LogP contribution in [0, 0.1) is 0 Å². The molecule has 0 aliphatic heterocycles. The Morgan fingerprint density at radius 1 is 1.22 bits per heavy atom. The van der Waals surface area contributed by atoms with E-state index in [0.717, 1.165) is 0 Å². The van der Waals surface area contributed by atoms with E-state index in [1.807, 2.05) is 0 Å². The van der Waals surface area contributed by atoms with Crippen molar-refractivity contribution in [3.05, 3.63) is 52.8 Å². The molecule has 27 heavy (non-hydrogen) atoms. The van der Waals surface area contributed by atoms with Crippen molar-refractivity contribution in [1.82, 2.24) is 9.97 Å². The van der Waals surface area contributed by atoms with Crippen molar-refractivity contribution in [2.75, 3.05) is 13.2 Å². The highest BCUT2D eigenvalue weighted by molar-refractivity contribution is 5.80. The Morgan fingerprint density at radius 2 is 2.04 bits per heavy atom. The van der Waals surface area contributed by atoms with Crippen LogP contribution >= 0.6 is 0 Å². The van der Waals surface area contributed by atoms with E-state index in [9.17, 15) is 14.7 Å². The van der Waals surface area contributed by atoms with Crippen LogP contribution < -0.4 is 10.3 Å².